The normalized spacial score (nSPS) is 11.1. The number of non-ortho nitro benzene ring substituents is 1. The number of para-hydroxylation sites is 1. The van der Waals surface area contributed by atoms with E-state index >= 15 is 0 Å². The van der Waals surface area contributed by atoms with Gasteiger partial charge in [0.05, 0.1) is 15.5 Å². The second kappa shape index (κ2) is 8.89. The summed E-state index contributed by atoms with van der Waals surface area (Å²) in [6.45, 7) is 2.10. The molecule has 1 aromatic heterocycles. The molecule has 1 N–H and O–H groups in total. The molecule has 1 heterocycles. The molecule has 0 amide bonds. The van der Waals surface area contributed by atoms with Gasteiger partial charge in [0.1, 0.15) is 5.75 Å². The number of hydrogen-bond acceptors (Lipinski definition) is 6. The van der Waals surface area contributed by atoms with E-state index in [4.69, 9.17) is 4.98 Å². The van der Waals surface area contributed by atoms with Gasteiger partial charge in [-0.3, -0.25) is 10.1 Å². The monoisotopic (exact) mass is 429 g/mol. The molecule has 0 aliphatic heterocycles. The van der Waals surface area contributed by atoms with E-state index in [-0.39, 0.29) is 11.4 Å². The fraction of sp³-hybridized carbons (Fsp3) is 0.0833. The number of aliphatic imine (C=N–C) groups is 1. The molecule has 0 radical (unpaired) electrons. The predicted octanol–water partition coefficient (Wildman–Crippen LogP) is 6.40. The fourth-order valence-electron chi connectivity index (χ4n) is 3.11. The van der Waals surface area contributed by atoms with Crippen LogP contribution in [0.3, 0.4) is 0 Å². The summed E-state index contributed by atoms with van der Waals surface area (Å²) < 4.78 is 0. The van der Waals surface area contributed by atoms with Crippen LogP contribution in [-0.2, 0) is 6.42 Å². The second-order valence-electron chi connectivity index (χ2n) is 6.85. The number of phenolic OH excluding ortho intramolecular Hbond substituents is 1. The lowest BCUT2D eigenvalue weighted by molar-refractivity contribution is -0.384. The minimum absolute atomic E-state index is 0.0416. The molecule has 0 aliphatic carbocycles. The van der Waals surface area contributed by atoms with Gasteiger partial charge in [0.15, 0.2) is 0 Å². The summed E-state index contributed by atoms with van der Waals surface area (Å²) in [6.07, 6.45) is 2.53. The molecular weight excluding hydrogens is 410 g/mol. The van der Waals surface area contributed by atoms with Gasteiger partial charge in [0, 0.05) is 29.5 Å². The van der Waals surface area contributed by atoms with Crippen molar-refractivity contribution >= 4 is 28.4 Å². The number of phenols is 1. The maximum Gasteiger partial charge on any atom is 0.269 e. The number of nitrogens with zero attached hydrogens (tertiary/aromatic N) is 3. The topological polar surface area (TPSA) is 88.6 Å². The van der Waals surface area contributed by atoms with Crippen molar-refractivity contribution in [2.24, 2.45) is 4.99 Å². The number of aromatic hydroxyl groups is 1. The average Bonchev–Trinajstić information content (AvgIpc) is 3.23. The average molecular weight is 430 g/mol. The third-order valence-electron chi connectivity index (χ3n) is 4.84. The number of thiazole rings is 1. The highest BCUT2D eigenvalue weighted by atomic mass is 32.1. The Kier molecular flexibility index (Phi) is 5.86. The van der Waals surface area contributed by atoms with Gasteiger partial charge in [-0.1, -0.05) is 54.7 Å². The van der Waals surface area contributed by atoms with E-state index in [0.29, 0.717) is 10.7 Å². The molecule has 31 heavy (non-hydrogen) atoms. The molecule has 0 atom stereocenters. The zero-order valence-electron chi connectivity index (χ0n) is 16.7. The third-order valence-corrected chi connectivity index (χ3v) is 5.86. The smallest absolute Gasteiger partial charge is 0.269 e. The Morgan fingerprint density at radius 1 is 1.03 bits per heavy atom. The van der Waals surface area contributed by atoms with Gasteiger partial charge in [-0.25, -0.2) is 9.98 Å². The largest absolute Gasteiger partial charge is 0.507 e. The maximum absolute atomic E-state index is 11.0. The van der Waals surface area contributed by atoms with Gasteiger partial charge in [-0.2, -0.15) is 0 Å². The Bertz CT molecular complexity index is 1250. The molecule has 3 aromatic carbocycles. The molecule has 0 saturated carbocycles. The first kappa shape index (κ1) is 20.4. The number of nitro groups is 1. The Hall–Kier alpha value is -3.84. The molecule has 154 valence electrons. The van der Waals surface area contributed by atoms with E-state index in [9.17, 15) is 15.2 Å². The lowest BCUT2D eigenvalue weighted by Crippen LogP contribution is -1.88. The van der Waals surface area contributed by atoms with Crippen LogP contribution in [0.1, 0.15) is 18.1 Å². The van der Waals surface area contributed by atoms with Crippen LogP contribution in [0.15, 0.2) is 77.8 Å². The maximum atomic E-state index is 11.0. The summed E-state index contributed by atoms with van der Waals surface area (Å²) in [5, 5.41) is 21.5. The van der Waals surface area contributed by atoms with Crippen molar-refractivity contribution in [1.82, 2.24) is 4.98 Å². The zero-order valence-corrected chi connectivity index (χ0v) is 17.5. The van der Waals surface area contributed by atoms with Crippen molar-refractivity contribution in [2.45, 2.75) is 13.3 Å². The third kappa shape index (κ3) is 4.51. The van der Waals surface area contributed by atoms with Crippen LogP contribution in [0.4, 0.5) is 10.8 Å². The van der Waals surface area contributed by atoms with E-state index in [1.54, 1.807) is 36.5 Å². The summed E-state index contributed by atoms with van der Waals surface area (Å²) in [6, 6.07) is 21.6. The first-order chi connectivity index (χ1) is 15.0. The van der Waals surface area contributed by atoms with Crippen LogP contribution in [0.2, 0.25) is 0 Å². The number of benzene rings is 3. The second-order valence-corrected chi connectivity index (χ2v) is 7.82. The number of aromatic nitrogens is 1. The number of rotatable bonds is 6. The lowest BCUT2D eigenvalue weighted by Gasteiger charge is -2.04. The highest BCUT2D eigenvalue weighted by molar-refractivity contribution is 7.19. The first-order valence-corrected chi connectivity index (χ1v) is 10.5. The lowest BCUT2D eigenvalue weighted by atomic mass is 10.0. The molecule has 0 unspecified atom stereocenters. The van der Waals surface area contributed by atoms with E-state index in [1.807, 2.05) is 18.2 Å². The Morgan fingerprint density at radius 2 is 1.71 bits per heavy atom. The summed E-state index contributed by atoms with van der Waals surface area (Å²) in [5.74, 6) is 0.147. The van der Waals surface area contributed by atoms with Crippen LogP contribution in [0.5, 0.6) is 5.75 Å². The number of nitro benzene ring substituents is 1. The molecule has 0 aliphatic rings. The van der Waals surface area contributed by atoms with Gasteiger partial charge in [-0.05, 0) is 41.8 Å². The molecule has 0 spiro atoms. The molecule has 7 heteroatoms. The zero-order chi connectivity index (χ0) is 21.8. The van der Waals surface area contributed by atoms with Crippen LogP contribution < -0.4 is 0 Å². The number of hydrogen-bond donors (Lipinski definition) is 1. The SMILES string of the molecule is CCc1ccc(-c2nc(N=Cc3ccccc3O)sc2-c2ccc([N+](=O)[O-])cc2)cc1. The Morgan fingerprint density at radius 3 is 2.35 bits per heavy atom. The molecule has 0 fully saturated rings. The predicted molar refractivity (Wildman–Crippen MR) is 124 cm³/mol. The minimum Gasteiger partial charge on any atom is -0.507 e. The molecule has 4 aromatic rings. The molecule has 0 bridgehead atoms. The molecule has 4 rings (SSSR count). The Labute approximate surface area is 183 Å². The minimum atomic E-state index is -0.414. The van der Waals surface area contributed by atoms with Gasteiger partial charge >= 0.3 is 0 Å². The van der Waals surface area contributed by atoms with Crippen LogP contribution in [0, 0.1) is 10.1 Å². The quantitative estimate of drug-likeness (QED) is 0.218. The van der Waals surface area contributed by atoms with Gasteiger partial charge in [0.2, 0.25) is 5.13 Å². The van der Waals surface area contributed by atoms with Gasteiger partial charge in [0.25, 0.3) is 5.69 Å². The molecule has 6 nitrogen and oxygen atoms in total. The van der Waals surface area contributed by atoms with Crippen molar-refractivity contribution in [1.29, 1.82) is 0 Å². The van der Waals surface area contributed by atoms with Crippen LogP contribution >= 0.6 is 11.3 Å². The van der Waals surface area contributed by atoms with Crippen molar-refractivity contribution in [3.05, 3.63) is 94.0 Å². The fourth-order valence-corrected chi connectivity index (χ4v) is 4.05. The van der Waals surface area contributed by atoms with E-state index in [2.05, 4.69) is 24.0 Å². The van der Waals surface area contributed by atoms with E-state index in [0.717, 1.165) is 28.1 Å². The van der Waals surface area contributed by atoms with Gasteiger partial charge in [-0.15, -0.1) is 0 Å². The summed E-state index contributed by atoms with van der Waals surface area (Å²) in [7, 11) is 0. The van der Waals surface area contributed by atoms with Crippen molar-refractivity contribution in [2.75, 3.05) is 0 Å². The summed E-state index contributed by atoms with van der Waals surface area (Å²) in [5.41, 5.74) is 4.43. The van der Waals surface area contributed by atoms with E-state index < -0.39 is 4.92 Å². The van der Waals surface area contributed by atoms with E-state index in [1.165, 1.54) is 29.0 Å². The highest BCUT2D eigenvalue weighted by Gasteiger charge is 2.16. The summed E-state index contributed by atoms with van der Waals surface area (Å²) >= 11 is 1.40. The standard InChI is InChI=1S/C24H19N3O3S/c1-2-16-7-9-17(10-8-16)22-23(18-11-13-20(14-12-18)27(29)30)31-24(26-22)25-15-19-5-3-4-6-21(19)28/h3-15,28H,2H2,1H3. The van der Waals surface area contributed by atoms with Crippen LogP contribution in [-0.4, -0.2) is 21.2 Å². The van der Waals surface area contributed by atoms with Gasteiger partial charge < -0.3 is 5.11 Å². The van der Waals surface area contributed by atoms with Crippen molar-refractivity contribution in [3.63, 3.8) is 0 Å². The first-order valence-electron chi connectivity index (χ1n) is 9.72. The molecular formula is C24H19N3O3S. The number of aryl methyl sites for hydroxylation is 1. The molecule has 0 saturated heterocycles. The summed E-state index contributed by atoms with van der Waals surface area (Å²) in [4.78, 5) is 20.7. The van der Waals surface area contributed by atoms with Crippen LogP contribution in [0.25, 0.3) is 21.7 Å². The van der Waals surface area contributed by atoms with Crippen molar-refractivity contribution < 1.29 is 10.0 Å². The Balaban J connectivity index is 1.77. The highest BCUT2D eigenvalue weighted by Crippen LogP contribution is 2.40. The van der Waals surface area contributed by atoms with Crippen molar-refractivity contribution in [3.8, 4) is 27.4 Å².